The molecule has 3 amide bonds. The van der Waals surface area contributed by atoms with Crippen molar-refractivity contribution in [2.24, 2.45) is 28.4 Å². The van der Waals surface area contributed by atoms with E-state index in [9.17, 15) is 24.3 Å². The molecule has 0 bridgehead atoms. The molecule has 0 spiro atoms. The summed E-state index contributed by atoms with van der Waals surface area (Å²) in [4.78, 5) is 52.9. The van der Waals surface area contributed by atoms with Crippen LogP contribution >= 0.6 is 0 Å². The summed E-state index contributed by atoms with van der Waals surface area (Å²) in [5.74, 6) is -0.401. The first kappa shape index (κ1) is 35.3. The molecule has 9 nitrogen and oxygen atoms in total. The summed E-state index contributed by atoms with van der Waals surface area (Å²) in [7, 11) is 0. The number of anilines is 1. The zero-order valence-electron chi connectivity index (χ0n) is 29.6. The van der Waals surface area contributed by atoms with Crippen LogP contribution in [0.5, 0.6) is 5.75 Å². The first-order chi connectivity index (χ1) is 23.2. The normalized spacial score (nSPS) is 31.7. The number of fused-ring (bicyclic) bond motifs is 6. The average Bonchev–Trinajstić information content (AvgIpc) is 3.06. The van der Waals surface area contributed by atoms with Crippen molar-refractivity contribution in [2.75, 3.05) is 25.1 Å². The highest BCUT2D eigenvalue weighted by Gasteiger charge is 2.58. The number of aryl methyl sites for hydroxylation is 2. The molecule has 0 heterocycles. The second-order valence-electron chi connectivity index (χ2n) is 16.1. The van der Waals surface area contributed by atoms with E-state index >= 15 is 0 Å². The number of carbonyl (C=O) groups is 4. The Morgan fingerprint density at radius 3 is 1.94 bits per heavy atom. The number of nitrogens with one attached hydrogen (secondary N) is 2. The van der Waals surface area contributed by atoms with Crippen LogP contribution in [-0.4, -0.2) is 48.4 Å². The fourth-order valence-corrected chi connectivity index (χ4v) is 10.6. The fourth-order valence-electron chi connectivity index (χ4n) is 10.6. The molecule has 9 heteroatoms. The Labute approximate surface area is 290 Å². The van der Waals surface area contributed by atoms with Crippen LogP contribution in [0, 0.1) is 22.7 Å². The van der Waals surface area contributed by atoms with Crippen molar-refractivity contribution in [1.29, 1.82) is 0 Å². The lowest BCUT2D eigenvalue weighted by Gasteiger charge is -2.56. The number of phenols is 1. The summed E-state index contributed by atoms with van der Waals surface area (Å²) in [5.41, 5.74) is 8.81. The maximum Gasteiger partial charge on any atom is 0.250 e. The van der Waals surface area contributed by atoms with Gasteiger partial charge in [-0.2, -0.15) is 0 Å². The molecule has 0 aromatic heterocycles. The van der Waals surface area contributed by atoms with Gasteiger partial charge in [0.05, 0.1) is 24.0 Å². The molecule has 0 saturated heterocycles. The predicted octanol–water partition coefficient (Wildman–Crippen LogP) is 5.63. The number of ketones is 1. The molecule has 4 aliphatic carbocycles. The molecule has 2 fully saturated rings. The largest absolute Gasteiger partial charge is 0.508 e. The minimum absolute atomic E-state index is 0.0253. The van der Waals surface area contributed by atoms with E-state index in [0.717, 1.165) is 68.9 Å². The van der Waals surface area contributed by atoms with Crippen molar-refractivity contribution in [3.05, 3.63) is 58.7 Å². The van der Waals surface area contributed by atoms with Crippen LogP contribution in [0.4, 0.5) is 5.69 Å². The van der Waals surface area contributed by atoms with Crippen LogP contribution in [-0.2, 0) is 47.6 Å². The van der Waals surface area contributed by atoms with Crippen molar-refractivity contribution in [3.63, 3.8) is 0 Å². The third-order valence-corrected chi connectivity index (χ3v) is 13.2. The quantitative estimate of drug-likeness (QED) is 0.200. The lowest BCUT2D eigenvalue weighted by Crippen LogP contribution is -2.60. The summed E-state index contributed by atoms with van der Waals surface area (Å²) < 4.78 is 5.38. The number of hydrogen-bond donors (Lipinski definition) is 4. The summed E-state index contributed by atoms with van der Waals surface area (Å²) in [6, 6.07) is 11.7. The minimum Gasteiger partial charge on any atom is -0.508 e. The van der Waals surface area contributed by atoms with E-state index < -0.39 is 10.8 Å². The topological polar surface area (TPSA) is 148 Å². The summed E-state index contributed by atoms with van der Waals surface area (Å²) in [6.07, 6.45) is 8.64. The Hall–Kier alpha value is -3.56. The number of aromatic hydroxyl groups is 1. The Morgan fingerprint density at radius 2 is 1.37 bits per heavy atom. The van der Waals surface area contributed by atoms with Gasteiger partial charge in [0.25, 0.3) is 0 Å². The van der Waals surface area contributed by atoms with E-state index in [2.05, 4.69) is 43.5 Å². The monoisotopic (exact) mass is 671 g/mol. The van der Waals surface area contributed by atoms with Gasteiger partial charge in [-0.3, -0.25) is 24.5 Å². The number of ether oxygens (including phenoxy) is 1. The first-order valence-corrected chi connectivity index (χ1v) is 18.2. The van der Waals surface area contributed by atoms with E-state index in [1.807, 2.05) is 25.1 Å². The Kier molecular flexibility index (Phi) is 9.57. The Bertz CT molecular complexity index is 1660. The van der Waals surface area contributed by atoms with Gasteiger partial charge in [0.1, 0.15) is 18.1 Å². The third-order valence-electron chi connectivity index (χ3n) is 13.2. The molecule has 2 aromatic carbocycles. The van der Waals surface area contributed by atoms with Crippen LogP contribution in [0.15, 0.2) is 36.4 Å². The van der Waals surface area contributed by atoms with Gasteiger partial charge in [-0.05, 0) is 121 Å². The third kappa shape index (κ3) is 6.22. The van der Waals surface area contributed by atoms with Gasteiger partial charge in [-0.15, -0.1) is 0 Å². The molecule has 6 atom stereocenters. The van der Waals surface area contributed by atoms with Crippen LogP contribution in [0.3, 0.4) is 0 Å². The number of benzene rings is 2. The Morgan fingerprint density at radius 1 is 0.816 bits per heavy atom. The molecule has 264 valence electrons. The SMILES string of the molecule is C[C@]1(C(=O)NC(=O)[C@@]2(C)CCC[C@]3(C)c4cc(NC(=O)COCCC(=O)CN)ccc4CC[C@@H]23)CCC[C@]2(C)c3cc(O)ccc3CC[C@@H]12. The number of hydrogen-bond acceptors (Lipinski definition) is 7. The highest BCUT2D eigenvalue weighted by Crippen LogP contribution is 2.59. The van der Waals surface area contributed by atoms with Crippen LogP contribution in [0.25, 0.3) is 0 Å². The highest BCUT2D eigenvalue weighted by atomic mass is 16.5. The molecule has 6 rings (SSSR count). The van der Waals surface area contributed by atoms with Gasteiger partial charge in [-0.1, -0.05) is 52.7 Å². The molecule has 4 aliphatic rings. The van der Waals surface area contributed by atoms with Crippen molar-refractivity contribution >= 4 is 29.2 Å². The van der Waals surface area contributed by atoms with Gasteiger partial charge in [0.15, 0.2) is 0 Å². The molecule has 0 unspecified atom stereocenters. The van der Waals surface area contributed by atoms with E-state index in [4.69, 9.17) is 10.5 Å². The molecule has 49 heavy (non-hydrogen) atoms. The van der Waals surface area contributed by atoms with Crippen molar-refractivity contribution in [2.45, 2.75) is 109 Å². The Balaban J connectivity index is 1.18. The van der Waals surface area contributed by atoms with Gasteiger partial charge in [0.2, 0.25) is 17.7 Å². The zero-order valence-corrected chi connectivity index (χ0v) is 29.6. The number of nitrogens with two attached hydrogens (primary N) is 1. The molecule has 2 aromatic rings. The van der Waals surface area contributed by atoms with Crippen molar-refractivity contribution < 1.29 is 29.0 Å². The minimum atomic E-state index is -0.728. The molecule has 5 N–H and O–H groups in total. The number of rotatable bonds is 9. The zero-order chi connectivity index (χ0) is 35.2. The van der Waals surface area contributed by atoms with Gasteiger partial charge < -0.3 is 20.9 Å². The fraction of sp³-hybridized carbons (Fsp3) is 0.600. The van der Waals surface area contributed by atoms with Crippen LogP contribution < -0.4 is 16.4 Å². The molecular formula is C40H53N3O6. The number of carbonyl (C=O) groups excluding carboxylic acids is 4. The summed E-state index contributed by atoms with van der Waals surface area (Å²) >= 11 is 0. The number of Topliss-reactive ketones (excluding diaryl/α,β-unsaturated/α-hetero) is 1. The lowest BCUT2D eigenvalue weighted by molar-refractivity contribution is -0.150. The van der Waals surface area contributed by atoms with E-state index in [1.165, 1.54) is 11.1 Å². The predicted molar refractivity (Wildman–Crippen MR) is 188 cm³/mol. The van der Waals surface area contributed by atoms with Gasteiger partial charge in [0, 0.05) is 12.1 Å². The second kappa shape index (κ2) is 13.3. The van der Waals surface area contributed by atoms with Crippen LogP contribution in [0.1, 0.15) is 108 Å². The highest BCUT2D eigenvalue weighted by molar-refractivity contribution is 6.01. The average molecular weight is 672 g/mol. The lowest BCUT2D eigenvalue weighted by atomic mass is 9.49. The number of phenolic OH excluding ortho intramolecular Hbond substituents is 1. The summed E-state index contributed by atoms with van der Waals surface area (Å²) in [6.45, 7) is 8.54. The number of imide groups is 1. The smallest absolute Gasteiger partial charge is 0.250 e. The molecule has 0 radical (unpaired) electrons. The molecule has 2 saturated carbocycles. The molecule has 0 aliphatic heterocycles. The maximum absolute atomic E-state index is 14.4. The second-order valence-corrected chi connectivity index (χ2v) is 16.1. The van der Waals surface area contributed by atoms with Gasteiger partial charge in [-0.25, -0.2) is 0 Å². The maximum atomic E-state index is 14.4. The summed E-state index contributed by atoms with van der Waals surface area (Å²) in [5, 5.41) is 16.3. The number of amides is 3. The standard InChI is InChI=1S/C40H53N3O6/c1-37-16-5-18-39(3,32(37)13-9-25-7-11-27(21-30(25)37)42-34(46)24-49-20-15-29(45)23-41)35(47)43-36(48)40(4)19-6-17-38(2)31-22-28(44)12-8-26(31)10-14-33(38)40/h7-8,11-12,21-22,32-33,44H,5-6,9-10,13-20,23-24,41H2,1-4H3,(H,42,46)(H,43,47,48)/t32-,33-,37-,38-,39+,40+/m1/s1. The van der Waals surface area contributed by atoms with E-state index in [-0.39, 0.29) is 78.1 Å². The molecular weight excluding hydrogens is 618 g/mol. The van der Waals surface area contributed by atoms with E-state index in [0.29, 0.717) is 12.1 Å². The van der Waals surface area contributed by atoms with Crippen LogP contribution in [0.2, 0.25) is 0 Å². The van der Waals surface area contributed by atoms with Gasteiger partial charge >= 0.3 is 0 Å². The van der Waals surface area contributed by atoms with E-state index in [1.54, 1.807) is 6.07 Å². The van der Waals surface area contributed by atoms with Crippen molar-refractivity contribution in [1.82, 2.24) is 5.32 Å². The first-order valence-electron chi connectivity index (χ1n) is 18.2. The van der Waals surface area contributed by atoms with Crippen molar-refractivity contribution in [3.8, 4) is 5.75 Å².